The molecule has 1 unspecified atom stereocenters. The molecule has 0 spiro atoms. The lowest BCUT2D eigenvalue weighted by Gasteiger charge is -2.18. The average molecular weight is 831 g/mol. The number of allylic oxidation sites excluding steroid dienone is 32. The molecule has 0 heterocycles. The molecule has 0 aliphatic heterocycles. The lowest BCUT2D eigenvalue weighted by atomic mass is 10.1. The Balaban J connectivity index is 4.76. The van der Waals surface area contributed by atoms with Gasteiger partial charge in [0.2, 0.25) is 0 Å². The molecule has 0 aliphatic rings. The second kappa shape index (κ2) is 46.9. The summed E-state index contributed by atoms with van der Waals surface area (Å²) in [7, 11) is 0. The highest BCUT2D eigenvalue weighted by molar-refractivity contribution is 5.71. The van der Waals surface area contributed by atoms with E-state index < -0.39 is 18.0 Å². The molecule has 0 aromatic rings. The van der Waals surface area contributed by atoms with Gasteiger partial charge in [0.05, 0.1) is 0 Å². The van der Waals surface area contributed by atoms with Gasteiger partial charge in [-0.3, -0.25) is 14.4 Å². The Bertz CT molecular complexity index is 1610. The number of rotatable bonds is 35. The van der Waals surface area contributed by atoms with Gasteiger partial charge in [-0.2, -0.15) is 0 Å². The van der Waals surface area contributed by atoms with Crippen LogP contribution in [0.15, 0.2) is 194 Å². The summed E-state index contributed by atoms with van der Waals surface area (Å²) in [6.07, 6.45) is 72.8. The molecular formula is C55H74O6. The Morgan fingerprint density at radius 2 is 0.607 bits per heavy atom. The Morgan fingerprint density at radius 1 is 0.328 bits per heavy atom. The third kappa shape index (κ3) is 45.2. The molecule has 0 radical (unpaired) electrons. The van der Waals surface area contributed by atoms with Crippen LogP contribution in [-0.4, -0.2) is 37.2 Å². The quantitative estimate of drug-likeness (QED) is 0.0274. The van der Waals surface area contributed by atoms with Gasteiger partial charge in [0, 0.05) is 19.3 Å². The lowest BCUT2D eigenvalue weighted by Crippen LogP contribution is -2.30. The zero-order valence-corrected chi connectivity index (χ0v) is 37.3. The van der Waals surface area contributed by atoms with Crippen LogP contribution in [0.25, 0.3) is 0 Å². The number of esters is 3. The highest BCUT2D eigenvalue weighted by Crippen LogP contribution is 2.09. The number of ether oxygens (including phenoxy) is 3. The molecular weight excluding hydrogens is 757 g/mol. The predicted octanol–water partition coefficient (Wildman–Crippen LogP) is 14.4. The van der Waals surface area contributed by atoms with Crippen molar-refractivity contribution in [3.05, 3.63) is 194 Å². The Hall–Kier alpha value is -5.75. The van der Waals surface area contributed by atoms with E-state index in [1.54, 1.807) is 0 Å². The number of hydrogen-bond donors (Lipinski definition) is 0. The third-order valence-electron chi connectivity index (χ3n) is 7.99. The fraction of sp³-hybridized carbons (Fsp3) is 0.364. The van der Waals surface area contributed by atoms with Gasteiger partial charge < -0.3 is 14.2 Å². The van der Waals surface area contributed by atoms with E-state index in [2.05, 4.69) is 45.1 Å². The fourth-order valence-electron chi connectivity index (χ4n) is 4.77. The fourth-order valence-corrected chi connectivity index (χ4v) is 4.77. The van der Waals surface area contributed by atoms with Crippen LogP contribution in [0, 0.1) is 0 Å². The van der Waals surface area contributed by atoms with Crippen LogP contribution < -0.4 is 0 Å². The largest absolute Gasteiger partial charge is 0.462 e. The van der Waals surface area contributed by atoms with E-state index >= 15 is 0 Å². The summed E-state index contributed by atoms with van der Waals surface area (Å²) in [5.41, 5.74) is 0. The molecule has 6 heteroatoms. The summed E-state index contributed by atoms with van der Waals surface area (Å²) >= 11 is 0. The van der Waals surface area contributed by atoms with Crippen molar-refractivity contribution in [1.82, 2.24) is 0 Å². The lowest BCUT2D eigenvalue weighted by molar-refractivity contribution is -0.167. The molecule has 330 valence electrons. The van der Waals surface area contributed by atoms with Crippen LogP contribution in [0.3, 0.4) is 0 Å². The molecule has 0 rings (SSSR count). The maximum absolute atomic E-state index is 12.7. The summed E-state index contributed by atoms with van der Waals surface area (Å²) in [6.45, 7) is 5.97. The van der Waals surface area contributed by atoms with Crippen molar-refractivity contribution < 1.29 is 28.6 Å². The monoisotopic (exact) mass is 831 g/mol. The normalized spacial score (nSPS) is 14.0. The number of unbranched alkanes of at least 4 members (excludes halogenated alkanes) is 5. The van der Waals surface area contributed by atoms with Crippen molar-refractivity contribution in [2.45, 2.75) is 117 Å². The minimum Gasteiger partial charge on any atom is -0.462 e. The van der Waals surface area contributed by atoms with Gasteiger partial charge in [-0.1, -0.05) is 222 Å². The van der Waals surface area contributed by atoms with Gasteiger partial charge in [0.1, 0.15) is 13.2 Å². The van der Waals surface area contributed by atoms with Crippen LogP contribution in [0.5, 0.6) is 0 Å². The summed E-state index contributed by atoms with van der Waals surface area (Å²) < 4.78 is 16.5. The molecule has 61 heavy (non-hydrogen) atoms. The molecule has 0 saturated heterocycles. The Kier molecular flexibility index (Phi) is 42.5. The first-order chi connectivity index (χ1) is 30.0. The summed E-state index contributed by atoms with van der Waals surface area (Å²) in [4.78, 5) is 37.7. The van der Waals surface area contributed by atoms with E-state index in [1.165, 1.54) is 0 Å². The molecule has 1 atom stereocenters. The van der Waals surface area contributed by atoms with Crippen LogP contribution in [0.4, 0.5) is 0 Å². The van der Waals surface area contributed by atoms with E-state index in [4.69, 9.17) is 14.2 Å². The van der Waals surface area contributed by atoms with Gasteiger partial charge in [-0.15, -0.1) is 0 Å². The van der Waals surface area contributed by atoms with Crippen LogP contribution in [-0.2, 0) is 28.6 Å². The molecule has 0 aliphatic carbocycles. The molecule has 0 bridgehead atoms. The van der Waals surface area contributed by atoms with E-state index in [0.717, 1.165) is 44.9 Å². The van der Waals surface area contributed by atoms with Gasteiger partial charge in [-0.25, -0.2) is 0 Å². The molecule has 0 fully saturated rings. The predicted molar refractivity (Wildman–Crippen MR) is 260 cm³/mol. The Labute approximate surface area is 369 Å². The maximum Gasteiger partial charge on any atom is 0.306 e. The highest BCUT2D eigenvalue weighted by Gasteiger charge is 2.19. The first kappa shape index (κ1) is 55.2. The maximum atomic E-state index is 12.7. The van der Waals surface area contributed by atoms with Crippen molar-refractivity contribution in [2.24, 2.45) is 0 Å². The molecule has 0 saturated carbocycles. The van der Waals surface area contributed by atoms with Crippen molar-refractivity contribution in [3.63, 3.8) is 0 Å². The van der Waals surface area contributed by atoms with Crippen LogP contribution in [0.1, 0.15) is 111 Å². The van der Waals surface area contributed by atoms with Crippen molar-refractivity contribution >= 4 is 17.9 Å². The zero-order valence-electron chi connectivity index (χ0n) is 37.3. The van der Waals surface area contributed by atoms with Gasteiger partial charge in [-0.05, 0) is 64.2 Å². The number of hydrogen-bond acceptors (Lipinski definition) is 6. The SMILES string of the molecule is CC/C=C/C=C/C=C/C=C/C=C/C=C/CCCCCC(=O)OCC(COC(=O)CCC/C=C/C=C/C=C/C=C/C=C/CC)OC(=O)CCC/C=C/C=C/C=C/C=C/C=C/CC. The van der Waals surface area contributed by atoms with E-state index in [-0.39, 0.29) is 38.4 Å². The number of carbonyl (C=O) groups is 3. The summed E-state index contributed by atoms with van der Waals surface area (Å²) in [6, 6.07) is 0. The standard InChI is InChI=1S/C55H74O6/c1-4-7-10-13-16-19-22-25-26-27-28-31-33-36-39-42-45-48-54(57)60-51-52(61-55(58)49-46-43-40-37-34-30-24-21-18-15-12-9-6-3)50-59-53(56)47-44-41-38-35-32-29-23-20-17-14-11-8-5-2/h7-35,37-38,40,52H,4-6,36,39,41-51H2,1-3H3/b10-7+,11-8+,12-9+,16-13+,17-14+,18-15+,22-19+,23-20+,24-21+,26-25+,28-27+,32-29+,33-31+,34-30+,38-35+,40-37+. The molecule has 0 aromatic heterocycles. The van der Waals surface area contributed by atoms with Crippen LogP contribution in [0.2, 0.25) is 0 Å². The van der Waals surface area contributed by atoms with Gasteiger partial charge in [0.15, 0.2) is 6.10 Å². The summed E-state index contributed by atoms with van der Waals surface area (Å²) in [5.74, 6) is -1.18. The van der Waals surface area contributed by atoms with Crippen molar-refractivity contribution in [1.29, 1.82) is 0 Å². The van der Waals surface area contributed by atoms with Gasteiger partial charge in [0.25, 0.3) is 0 Å². The minimum atomic E-state index is -0.873. The topological polar surface area (TPSA) is 78.9 Å². The Morgan fingerprint density at radius 3 is 0.951 bits per heavy atom. The second-order valence-corrected chi connectivity index (χ2v) is 13.5. The van der Waals surface area contributed by atoms with Crippen LogP contribution >= 0.6 is 0 Å². The van der Waals surface area contributed by atoms with Crippen molar-refractivity contribution in [2.75, 3.05) is 13.2 Å². The second-order valence-electron chi connectivity index (χ2n) is 13.5. The minimum absolute atomic E-state index is 0.165. The molecule has 0 N–H and O–H groups in total. The zero-order chi connectivity index (χ0) is 44.4. The highest BCUT2D eigenvalue weighted by atomic mass is 16.6. The first-order valence-corrected chi connectivity index (χ1v) is 22.2. The average Bonchev–Trinajstić information content (AvgIpc) is 3.26. The van der Waals surface area contributed by atoms with E-state index in [0.29, 0.717) is 25.7 Å². The molecule has 0 amide bonds. The molecule has 6 nitrogen and oxygen atoms in total. The van der Waals surface area contributed by atoms with Gasteiger partial charge >= 0.3 is 17.9 Å². The third-order valence-corrected chi connectivity index (χ3v) is 7.99. The number of carbonyl (C=O) groups excluding carboxylic acids is 3. The smallest absolute Gasteiger partial charge is 0.306 e. The summed E-state index contributed by atoms with van der Waals surface area (Å²) in [5, 5.41) is 0. The molecule has 0 aromatic carbocycles. The van der Waals surface area contributed by atoms with Crippen molar-refractivity contribution in [3.8, 4) is 0 Å². The first-order valence-electron chi connectivity index (χ1n) is 22.2. The van der Waals surface area contributed by atoms with E-state index in [9.17, 15) is 14.4 Å². The van der Waals surface area contributed by atoms with E-state index in [1.807, 2.05) is 170 Å².